The third-order valence-electron chi connectivity index (χ3n) is 3.82. The van der Waals surface area contributed by atoms with E-state index in [1.54, 1.807) is 10.9 Å². The van der Waals surface area contributed by atoms with Gasteiger partial charge in [0.15, 0.2) is 5.11 Å². The summed E-state index contributed by atoms with van der Waals surface area (Å²) < 4.78 is 7.73. The minimum atomic E-state index is 0.486. The van der Waals surface area contributed by atoms with Gasteiger partial charge in [-0.15, -0.1) is 0 Å². The molecule has 2 aromatic rings. The minimum absolute atomic E-state index is 0.486. The molecule has 1 heterocycles. The monoisotopic (exact) mass is 372 g/mol. The Morgan fingerprint density at radius 1 is 1.15 bits per heavy atom. The zero-order valence-electron chi connectivity index (χ0n) is 15.6. The van der Waals surface area contributed by atoms with E-state index < -0.39 is 0 Å². The van der Waals surface area contributed by atoms with Crippen LogP contribution in [0.25, 0.3) is 5.69 Å². The molecule has 26 heavy (non-hydrogen) atoms. The van der Waals surface area contributed by atoms with Gasteiger partial charge in [0, 0.05) is 12.6 Å². The van der Waals surface area contributed by atoms with E-state index in [4.69, 9.17) is 17.0 Å². The Balaban J connectivity index is 2.19. The summed E-state index contributed by atoms with van der Waals surface area (Å²) in [6.45, 7) is 5.82. The summed E-state index contributed by atoms with van der Waals surface area (Å²) in [6.07, 6.45) is 7.25. The molecule has 0 saturated heterocycles. The Bertz CT molecular complexity index is 743. The molecule has 0 aliphatic rings. The van der Waals surface area contributed by atoms with Gasteiger partial charge < -0.3 is 10.1 Å². The van der Waals surface area contributed by atoms with Crippen molar-refractivity contribution in [3.63, 3.8) is 0 Å². The number of rotatable bonds is 9. The molecule has 0 aliphatic heterocycles. The fourth-order valence-electron chi connectivity index (χ4n) is 2.37. The van der Waals surface area contributed by atoms with Crippen LogP contribution in [0, 0.1) is 0 Å². The fourth-order valence-corrected chi connectivity index (χ4v) is 2.58. The number of thiocarbonyl (C=S) groups is 1. The second kappa shape index (κ2) is 11.4. The number of benzene rings is 1. The van der Waals surface area contributed by atoms with Crippen molar-refractivity contribution >= 4 is 17.3 Å². The fraction of sp³-hybridized carbons (Fsp3) is 0.450. The summed E-state index contributed by atoms with van der Waals surface area (Å²) in [5.41, 5.74) is 0.950. The molecule has 6 heteroatoms. The van der Waals surface area contributed by atoms with Crippen molar-refractivity contribution in [3.8, 4) is 11.6 Å². The highest BCUT2D eigenvalue weighted by Gasteiger charge is 2.05. The molecule has 1 N–H and O–H groups in total. The molecule has 0 saturated carbocycles. The SMILES string of the molecule is CCCCCNC(=S)/N=c1\cnn(-c2ccccc2)c(OCCCC)c1. The molecule has 0 unspecified atom stereocenters. The van der Waals surface area contributed by atoms with E-state index in [-0.39, 0.29) is 0 Å². The largest absolute Gasteiger partial charge is 0.478 e. The van der Waals surface area contributed by atoms with Crippen molar-refractivity contribution in [1.82, 2.24) is 15.1 Å². The number of para-hydroxylation sites is 1. The molecule has 0 atom stereocenters. The second-order valence-corrected chi connectivity index (χ2v) is 6.44. The molecule has 0 fully saturated rings. The van der Waals surface area contributed by atoms with Crippen LogP contribution in [0.4, 0.5) is 0 Å². The zero-order valence-corrected chi connectivity index (χ0v) is 16.5. The molecular formula is C20H28N4OS. The van der Waals surface area contributed by atoms with Crippen LogP contribution in [-0.2, 0) is 0 Å². The van der Waals surface area contributed by atoms with E-state index in [0.29, 0.717) is 23.0 Å². The van der Waals surface area contributed by atoms with Gasteiger partial charge >= 0.3 is 0 Å². The van der Waals surface area contributed by atoms with Crippen LogP contribution in [-0.4, -0.2) is 28.0 Å². The standard InChI is InChI=1S/C20H28N4OS/c1-3-5-10-13-21-20(26)23-17-15-19(25-14-6-4-2)24(22-16-17)18-11-8-7-9-12-18/h7-9,11-12,15-16H,3-6,10,13-14H2,1-2H3,(H,21,26)/b23-17-. The maximum absolute atomic E-state index is 5.94. The number of ether oxygens (including phenoxy) is 1. The second-order valence-electron chi connectivity index (χ2n) is 6.05. The first-order chi connectivity index (χ1) is 12.7. The Morgan fingerprint density at radius 3 is 2.65 bits per heavy atom. The molecule has 0 bridgehead atoms. The third-order valence-corrected chi connectivity index (χ3v) is 4.06. The Kier molecular flexibility index (Phi) is 8.83. The summed E-state index contributed by atoms with van der Waals surface area (Å²) in [5.74, 6) is 0.666. The Morgan fingerprint density at radius 2 is 1.92 bits per heavy atom. The Labute approximate surface area is 161 Å². The normalized spacial score (nSPS) is 11.4. The average Bonchev–Trinajstić information content (AvgIpc) is 2.66. The first-order valence-electron chi connectivity index (χ1n) is 9.34. The van der Waals surface area contributed by atoms with Crippen LogP contribution < -0.4 is 15.4 Å². The van der Waals surface area contributed by atoms with Gasteiger partial charge in [-0.3, -0.25) is 0 Å². The first-order valence-corrected chi connectivity index (χ1v) is 9.75. The van der Waals surface area contributed by atoms with Gasteiger partial charge in [-0.05, 0) is 37.2 Å². The lowest BCUT2D eigenvalue weighted by Crippen LogP contribution is -2.24. The van der Waals surface area contributed by atoms with Crippen molar-refractivity contribution in [1.29, 1.82) is 0 Å². The van der Waals surface area contributed by atoms with Crippen molar-refractivity contribution in [3.05, 3.63) is 48.0 Å². The minimum Gasteiger partial charge on any atom is -0.478 e. The van der Waals surface area contributed by atoms with Crippen LogP contribution in [0.15, 0.2) is 47.6 Å². The predicted octanol–water partition coefficient (Wildman–Crippen LogP) is 4.02. The van der Waals surface area contributed by atoms with E-state index in [1.807, 2.05) is 36.4 Å². The van der Waals surface area contributed by atoms with E-state index in [9.17, 15) is 0 Å². The molecule has 0 aliphatic carbocycles. The lowest BCUT2D eigenvalue weighted by molar-refractivity contribution is 0.284. The van der Waals surface area contributed by atoms with Crippen LogP contribution in [0.1, 0.15) is 46.0 Å². The maximum Gasteiger partial charge on any atom is 0.217 e. The summed E-state index contributed by atoms with van der Waals surface area (Å²) in [5, 5.41) is 8.85. The number of nitrogens with zero attached hydrogens (tertiary/aromatic N) is 3. The molecular weight excluding hydrogens is 344 g/mol. The number of nitrogens with one attached hydrogen (secondary N) is 1. The third kappa shape index (κ3) is 6.59. The molecule has 1 aromatic carbocycles. The molecule has 2 rings (SSSR count). The molecule has 0 amide bonds. The lowest BCUT2D eigenvalue weighted by Gasteiger charge is -2.13. The summed E-state index contributed by atoms with van der Waals surface area (Å²) in [7, 11) is 0. The quantitative estimate of drug-likeness (QED) is 0.534. The maximum atomic E-state index is 5.94. The highest BCUT2D eigenvalue weighted by atomic mass is 32.1. The smallest absolute Gasteiger partial charge is 0.217 e. The lowest BCUT2D eigenvalue weighted by atomic mass is 10.2. The van der Waals surface area contributed by atoms with Crippen LogP contribution in [0.3, 0.4) is 0 Å². The molecule has 0 spiro atoms. The van der Waals surface area contributed by atoms with Gasteiger partial charge in [-0.2, -0.15) is 5.10 Å². The van der Waals surface area contributed by atoms with E-state index >= 15 is 0 Å². The number of hydrogen-bond donors (Lipinski definition) is 1. The molecule has 5 nitrogen and oxygen atoms in total. The highest BCUT2D eigenvalue weighted by Crippen LogP contribution is 2.14. The number of aromatic nitrogens is 2. The Hall–Kier alpha value is -2.21. The average molecular weight is 373 g/mol. The van der Waals surface area contributed by atoms with Crippen molar-refractivity contribution in [2.24, 2.45) is 4.99 Å². The zero-order chi connectivity index (χ0) is 18.6. The van der Waals surface area contributed by atoms with Crippen molar-refractivity contribution in [2.45, 2.75) is 46.0 Å². The van der Waals surface area contributed by atoms with Crippen LogP contribution >= 0.6 is 12.2 Å². The molecule has 140 valence electrons. The predicted molar refractivity (Wildman–Crippen MR) is 110 cm³/mol. The van der Waals surface area contributed by atoms with Crippen molar-refractivity contribution in [2.75, 3.05) is 13.2 Å². The van der Waals surface area contributed by atoms with Gasteiger partial charge in [0.05, 0.1) is 23.8 Å². The number of unbranched alkanes of at least 4 members (excludes halogenated alkanes) is 3. The molecule has 0 radical (unpaired) electrons. The summed E-state index contributed by atoms with van der Waals surface area (Å²) >= 11 is 5.31. The molecule has 1 aromatic heterocycles. The van der Waals surface area contributed by atoms with E-state index in [0.717, 1.165) is 31.5 Å². The topological polar surface area (TPSA) is 51.4 Å². The van der Waals surface area contributed by atoms with Gasteiger partial charge in [-0.1, -0.05) is 51.3 Å². The number of hydrogen-bond acceptors (Lipinski definition) is 3. The van der Waals surface area contributed by atoms with Gasteiger partial charge in [0.2, 0.25) is 5.88 Å². The van der Waals surface area contributed by atoms with E-state index in [1.165, 1.54) is 12.8 Å². The summed E-state index contributed by atoms with van der Waals surface area (Å²) in [6, 6.07) is 11.8. The van der Waals surface area contributed by atoms with Gasteiger partial charge in [0.1, 0.15) is 0 Å². The first kappa shape index (κ1) is 20.1. The van der Waals surface area contributed by atoms with Crippen LogP contribution in [0.2, 0.25) is 0 Å². The highest BCUT2D eigenvalue weighted by molar-refractivity contribution is 7.80. The summed E-state index contributed by atoms with van der Waals surface area (Å²) in [4.78, 5) is 4.44. The van der Waals surface area contributed by atoms with Crippen LogP contribution in [0.5, 0.6) is 5.88 Å². The van der Waals surface area contributed by atoms with Gasteiger partial charge in [0.25, 0.3) is 0 Å². The van der Waals surface area contributed by atoms with Crippen molar-refractivity contribution < 1.29 is 4.74 Å². The van der Waals surface area contributed by atoms with E-state index in [2.05, 4.69) is 29.3 Å². The van der Waals surface area contributed by atoms with Gasteiger partial charge in [-0.25, -0.2) is 9.67 Å².